The van der Waals surface area contributed by atoms with E-state index in [-0.39, 0.29) is 31.7 Å². The van der Waals surface area contributed by atoms with Crippen LogP contribution in [0.3, 0.4) is 0 Å². The third-order valence-electron chi connectivity index (χ3n) is 10.0. The zero-order valence-electron chi connectivity index (χ0n) is 31.5. The van der Waals surface area contributed by atoms with Gasteiger partial charge in [-0.15, -0.1) is 0 Å². The molecule has 3 fully saturated rings. The van der Waals surface area contributed by atoms with Crippen molar-refractivity contribution in [1.29, 1.82) is 0 Å². The number of aromatic nitrogens is 1. The van der Waals surface area contributed by atoms with Gasteiger partial charge in [-0.2, -0.15) is 8.42 Å². The summed E-state index contributed by atoms with van der Waals surface area (Å²) in [7, 11) is -2.87. The van der Waals surface area contributed by atoms with Crippen LogP contribution in [0.15, 0.2) is 30.5 Å². The molecule has 5 atom stereocenters. The summed E-state index contributed by atoms with van der Waals surface area (Å²) in [6, 6.07) is 6.14. The first-order valence-electron chi connectivity index (χ1n) is 17.8. The van der Waals surface area contributed by atoms with Gasteiger partial charge in [-0.3, -0.25) is 19.2 Å². The molecule has 1 aromatic heterocycles. The number of fused-ring (bicyclic) bond motifs is 1. The number of nitrogens with zero attached hydrogens (tertiary/aromatic N) is 2. The van der Waals surface area contributed by atoms with Crippen LogP contribution in [0.25, 0.3) is 10.8 Å². The van der Waals surface area contributed by atoms with Crippen LogP contribution in [0.1, 0.15) is 93.9 Å². The Labute approximate surface area is 305 Å². The second-order valence-corrected chi connectivity index (χ2v) is 17.9. The molecule has 1 saturated heterocycles. The number of methoxy groups -OCH3 is 1. The summed E-state index contributed by atoms with van der Waals surface area (Å²) in [5.41, 5.74) is -3.85. The van der Waals surface area contributed by atoms with E-state index in [2.05, 4.69) is 10.3 Å². The molecular formula is C37H52N4O10S. The molecule has 52 heavy (non-hydrogen) atoms. The highest BCUT2D eigenvalue weighted by atomic mass is 32.2. The Balaban J connectivity index is 1.43. The Bertz CT molecular complexity index is 1830. The van der Waals surface area contributed by atoms with Gasteiger partial charge in [0.1, 0.15) is 29.0 Å². The average Bonchev–Trinajstić information content (AvgIpc) is 3.90. The number of benzene rings is 1. The minimum atomic E-state index is -4.44. The number of hydrogen-bond acceptors (Lipinski definition) is 11. The van der Waals surface area contributed by atoms with Crippen LogP contribution in [-0.4, -0.2) is 84.5 Å². The number of ether oxygens (including phenoxy) is 3. The predicted molar refractivity (Wildman–Crippen MR) is 191 cm³/mol. The maximum Gasteiger partial charge on any atom is 0.362 e. The summed E-state index contributed by atoms with van der Waals surface area (Å²) >= 11 is 0. The maximum absolute atomic E-state index is 14.5. The van der Waals surface area contributed by atoms with Gasteiger partial charge in [0.05, 0.1) is 31.6 Å². The van der Waals surface area contributed by atoms with Gasteiger partial charge >= 0.3 is 16.3 Å². The molecule has 5 rings (SSSR count). The highest BCUT2D eigenvalue weighted by molar-refractivity contribution is 7.85. The normalized spacial score (nSPS) is 24.5. The number of likely N-dealkylation sites (tertiary alicyclic amines) is 1. The van der Waals surface area contributed by atoms with E-state index in [9.17, 15) is 27.6 Å². The van der Waals surface area contributed by atoms with E-state index in [1.165, 1.54) is 4.90 Å². The van der Waals surface area contributed by atoms with Crippen molar-refractivity contribution in [3.05, 3.63) is 30.5 Å². The predicted octanol–water partition coefficient (Wildman–Crippen LogP) is 4.20. The Kier molecular flexibility index (Phi) is 10.6. The number of rotatable bonds is 13. The van der Waals surface area contributed by atoms with Gasteiger partial charge in [-0.25, -0.2) is 13.9 Å². The van der Waals surface area contributed by atoms with Crippen LogP contribution < -0.4 is 19.5 Å². The van der Waals surface area contributed by atoms with Gasteiger partial charge in [-0.1, -0.05) is 34.1 Å². The standard InChI is InChI=1S/C37H52N4O10S/c1-10-23-20-37(23,33(45)40-52(46,47)51-36(8)14-15-36)39-30(43)28-18-25(49-31-26-12-11-24(48-9)17-22(26)13-16-38-31)21-41(28)32(44)27(34(2,3)4)19-29(42)50-35(5,6)7/h11-13,16-17,23,25,27-28H,10,14-15,18-21H2,1-9H3,(H,39,43)(H,40,45)/t23-,25-,27-,28+,37-/m1/s1. The Hall–Kier alpha value is -3.98. The lowest BCUT2D eigenvalue weighted by Gasteiger charge is -2.35. The molecular weight excluding hydrogens is 692 g/mol. The van der Waals surface area contributed by atoms with Crippen LogP contribution in [0.2, 0.25) is 0 Å². The molecule has 1 aromatic carbocycles. The van der Waals surface area contributed by atoms with Crippen molar-refractivity contribution in [3.63, 3.8) is 0 Å². The van der Waals surface area contributed by atoms with Crippen molar-refractivity contribution in [2.24, 2.45) is 17.3 Å². The highest BCUT2D eigenvalue weighted by Gasteiger charge is 2.62. The van der Waals surface area contributed by atoms with Crippen molar-refractivity contribution < 1.29 is 46.0 Å². The van der Waals surface area contributed by atoms with E-state index < -0.39 is 74.2 Å². The fraction of sp³-hybridized carbons (Fsp3) is 0.649. The summed E-state index contributed by atoms with van der Waals surface area (Å²) in [6.45, 7) is 14.2. The summed E-state index contributed by atoms with van der Waals surface area (Å²) in [5, 5.41) is 4.35. The van der Waals surface area contributed by atoms with Crippen LogP contribution in [0, 0.1) is 17.3 Å². The lowest BCUT2D eigenvalue weighted by molar-refractivity contribution is -0.161. The zero-order valence-corrected chi connectivity index (χ0v) is 32.3. The number of nitrogens with one attached hydrogen (secondary N) is 2. The molecule has 2 aliphatic carbocycles. The van der Waals surface area contributed by atoms with Gasteiger partial charge in [-0.05, 0) is 87.9 Å². The second-order valence-electron chi connectivity index (χ2n) is 16.6. The summed E-state index contributed by atoms with van der Waals surface area (Å²) in [6.07, 6.45) is 2.52. The molecule has 15 heteroatoms. The molecule has 286 valence electrons. The van der Waals surface area contributed by atoms with Crippen molar-refractivity contribution in [1.82, 2.24) is 19.9 Å². The molecule has 0 unspecified atom stereocenters. The first-order chi connectivity index (χ1) is 24.1. The van der Waals surface area contributed by atoms with E-state index in [0.29, 0.717) is 36.3 Å². The number of carbonyl (C=O) groups excluding carboxylic acids is 4. The molecule has 2 saturated carbocycles. The molecule has 2 heterocycles. The first kappa shape index (κ1) is 39.2. The van der Waals surface area contributed by atoms with Gasteiger partial charge in [0, 0.05) is 18.0 Å². The second kappa shape index (κ2) is 14.1. The van der Waals surface area contributed by atoms with Crippen LogP contribution >= 0.6 is 0 Å². The topological polar surface area (TPSA) is 180 Å². The summed E-state index contributed by atoms with van der Waals surface area (Å²) in [4.78, 5) is 61.3. The van der Waals surface area contributed by atoms with Gasteiger partial charge in [0.15, 0.2) is 0 Å². The highest BCUT2D eigenvalue weighted by Crippen LogP contribution is 2.47. The average molecular weight is 745 g/mol. The van der Waals surface area contributed by atoms with Gasteiger partial charge in [0.25, 0.3) is 5.91 Å². The largest absolute Gasteiger partial charge is 0.497 e. The van der Waals surface area contributed by atoms with Crippen molar-refractivity contribution in [2.45, 2.75) is 123 Å². The van der Waals surface area contributed by atoms with E-state index in [4.69, 9.17) is 18.4 Å². The molecule has 2 aromatic rings. The molecule has 0 radical (unpaired) electrons. The van der Waals surface area contributed by atoms with Crippen molar-refractivity contribution in [2.75, 3.05) is 13.7 Å². The SMILES string of the molecule is CC[C@@H]1C[C@]1(NC(=O)[C@@H]1C[C@@H](Oc2nccc3cc(OC)ccc23)CN1C(=O)[C@@H](CC(=O)OC(C)(C)C)C(C)(C)C)C(=O)NS(=O)(=O)OC1(C)CC1. The number of esters is 1. The fourth-order valence-electron chi connectivity index (χ4n) is 6.76. The maximum atomic E-state index is 14.5. The van der Waals surface area contributed by atoms with Crippen molar-refractivity contribution >= 4 is 44.8 Å². The van der Waals surface area contributed by atoms with E-state index in [1.807, 2.05) is 50.6 Å². The summed E-state index contributed by atoms with van der Waals surface area (Å²) < 4.78 is 50.0. The van der Waals surface area contributed by atoms with Crippen LogP contribution in [-0.2, 0) is 38.4 Å². The Morgan fingerprint density at radius 3 is 2.35 bits per heavy atom. The fourth-order valence-corrected chi connectivity index (χ4v) is 7.91. The van der Waals surface area contributed by atoms with Gasteiger partial charge in [0.2, 0.25) is 17.7 Å². The molecule has 2 N–H and O–H groups in total. The molecule has 0 bridgehead atoms. The van der Waals surface area contributed by atoms with Crippen LogP contribution in [0.4, 0.5) is 0 Å². The number of hydrogen-bond donors (Lipinski definition) is 2. The molecule has 14 nitrogen and oxygen atoms in total. The Morgan fingerprint density at radius 2 is 1.77 bits per heavy atom. The smallest absolute Gasteiger partial charge is 0.362 e. The molecule has 3 aliphatic rings. The minimum Gasteiger partial charge on any atom is -0.497 e. The summed E-state index contributed by atoms with van der Waals surface area (Å²) in [5.74, 6) is -2.78. The number of pyridine rings is 1. The van der Waals surface area contributed by atoms with E-state index >= 15 is 0 Å². The lowest BCUT2D eigenvalue weighted by atomic mass is 9.77. The Morgan fingerprint density at radius 1 is 1.08 bits per heavy atom. The van der Waals surface area contributed by atoms with E-state index in [0.717, 1.165) is 5.39 Å². The third kappa shape index (κ3) is 8.96. The first-order valence-corrected chi connectivity index (χ1v) is 19.2. The lowest BCUT2D eigenvalue weighted by Crippen LogP contribution is -2.57. The van der Waals surface area contributed by atoms with Crippen molar-refractivity contribution in [3.8, 4) is 11.6 Å². The zero-order chi connectivity index (χ0) is 38.4. The van der Waals surface area contributed by atoms with Crippen LogP contribution in [0.5, 0.6) is 11.6 Å². The van der Waals surface area contributed by atoms with E-state index in [1.54, 1.807) is 47.1 Å². The number of carbonyl (C=O) groups is 4. The third-order valence-corrected chi connectivity index (χ3v) is 11.1. The molecule has 1 aliphatic heterocycles. The quantitative estimate of drug-likeness (QED) is 0.281. The molecule has 0 spiro atoms. The minimum absolute atomic E-state index is 0.0107. The number of amides is 3. The monoisotopic (exact) mass is 744 g/mol. The van der Waals surface area contributed by atoms with Gasteiger partial charge < -0.3 is 24.4 Å². The molecule has 3 amide bonds.